The van der Waals surface area contributed by atoms with Crippen molar-refractivity contribution >= 4 is 18.5 Å². The third kappa shape index (κ3) is 1.30. The molecule has 2 aromatic heterocycles. The highest BCUT2D eigenvalue weighted by Crippen LogP contribution is 2.28. The van der Waals surface area contributed by atoms with Crippen molar-refractivity contribution in [3.63, 3.8) is 0 Å². The molecule has 2 aromatic rings. The monoisotopic (exact) mass is 180 g/mol. The lowest BCUT2D eigenvalue weighted by Gasteiger charge is -2.04. The van der Waals surface area contributed by atoms with Crippen molar-refractivity contribution in [2.45, 2.75) is 0 Å². The van der Waals surface area contributed by atoms with Crippen LogP contribution in [0.1, 0.15) is 0 Å². The number of rotatable bonds is 2. The fourth-order valence-corrected chi connectivity index (χ4v) is 2.35. The molecule has 2 heterocycles. The van der Waals surface area contributed by atoms with E-state index in [0.29, 0.717) is 0 Å². The highest BCUT2D eigenvalue weighted by molar-refractivity contribution is 7.72. The van der Waals surface area contributed by atoms with Gasteiger partial charge in [0.15, 0.2) is 0 Å². The number of hydrogen-bond donors (Lipinski definition) is 0. The topological polar surface area (TPSA) is 26.3 Å². The van der Waals surface area contributed by atoms with Crippen molar-refractivity contribution < 1.29 is 8.83 Å². The zero-order chi connectivity index (χ0) is 8.39. The van der Waals surface area contributed by atoms with E-state index in [2.05, 4.69) is 6.66 Å². The molecule has 0 fully saturated rings. The SMILES string of the molecule is CP(c1ccoc1)c1ccoc1. The summed E-state index contributed by atoms with van der Waals surface area (Å²) < 4.78 is 10.0. The molecule has 3 heteroatoms. The second-order valence-electron chi connectivity index (χ2n) is 2.52. The Kier molecular flexibility index (Phi) is 2.01. The van der Waals surface area contributed by atoms with Gasteiger partial charge in [0.05, 0.1) is 25.1 Å². The van der Waals surface area contributed by atoms with Crippen LogP contribution in [-0.2, 0) is 0 Å². The minimum Gasteiger partial charge on any atom is -0.472 e. The van der Waals surface area contributed by atoms with Crippen LogP contribution in [0.15, 0.2) is 46.0 Å². The van der Waals surface area contributed by atoms with Crippen LogP contribution < -0.4 is 10.6 Å². The van der Waals surface area contributed by atoms with Gasteiger partial charge in [0.2, 0.25) is 0 Å². The van der Waals surface area contributed by atoms with Crippen molar-refractivity contribution in [3.8, 4) is 0 Å². The maximum Gasteiger partial charge on any atom is 0.0982 e. The highest BCUT2D eigenvalue weighted by Gasteiger charge is 2.09. The molecular formula is C9H9O2P. The van der Waals surface area contributed by atoms with Gasteiger partial charge in [-0.05, 0) is 26.7 Å². The molecular weight excluding hydrogens is 171 g/mol. The molecule has 2 nitrogen and oxygen atoms in total. The van der Waals surface area contributed by atoms with E-state index < -0.39 is 0 Å². The Morgan fingerprint density at radius 1 is 1.00 bits per heavy atom. The summed E-state index contributed by atoms with van der Waals surface area (Å²) in [7, 11) is -0.284. The van der Waals surface area contributed by atoms with Crippen LogP contribution in [0.3, 0.4) is 0 Å². The third-order valence-corrected chi connectivity index (χ3v) is 3.85. The Morgan fingerprint density at radius 3 is 1.83 bits per heavy atom. The quantitative estimate of drug-likeness (QED) is 0.660. The molecule has 0 aromatic carbocycles. The number of hydrogen-bond acceptors (Lipinski definition) is 2. The van der Waals surface area contributed by atoms with E-state index in [-0.39, 0.29) is 7.92 Å². The number of furan rings is 2. The van der Waals surface area contributed by atoms with Crippen molar-refractivity contribution in [3.05, 3.63) is 37.2 Å². The maximum atomic E-state index is 5.02. The second kappa shape index (κ2) is 3.16. The largest absolute Gasteiger partial charge is 0.472 e. The molecule has 0 aliphatic heterocycles. The molecule has 0 spiro atoms. The van der Waals surface area contributed by atoms with Crippen molar-refractivity contribution in [1.82, 2.24) is 0 Å². The average molecular weight is 180 g/mol. The molecule has 2 rings (SSSR count). The molecule has 0 N–H and O–H groups in total. The van der Waals surface area contributed by atoms with Crippen molar-refractivity contribution in [1.29, 1.82) is 0 Å². The van der Waals surface area contributed by atoms with Crippen LogP contribution in [0.25, 0.3) is 0 Å². The van der Waals surface area contributed by atoms with Crippen LogP contribution in [0.5, 0.6) is 0 Å². The highest BCUT2D eigenvalue weighted by atomic mass is 31.1. The first-order valence-electron chi connectivity index (χ1n) is 3.66. The predicted octanol–water partition coefficient (Wildman–Crippen LogP) is 1.94. The summed E-state index contributed by atoms with van der Waals surface area (Å²) in [5, 5.41) is 2.48. The Labute approximate surface area is 71.9 Å². The molecule has 0 amide bonds. The third-order valence-electron chi connectivity index (χ3n) is 1.79. The van der Waals surface area contributed by atoms with Gasteiger partial charge in [-0.1, -0.05) is 0 Å². The zero-order valence-electron chi connectivity index (χ0n) is 6.73. The molecule has 0 saturated carbocycles. The normalized spacial score (nSPS) is 10.8. The summed E-state index contributed by atoms with van der Waals surface area (Å²) in [6, 6.07) is 4.00. The van der Waals surface area contributed by atoms with E-state index in [0.717, 1.165) is 0 Å². The van der Waals surface area contributed by atoms with Crippen LogP contribution in [0, 0.1) is 0 Å². The summed E-state index contributed by atoms with van der Waals surface area (Å²) in [6.07, 6.45) is 6.99. The van der Waals surface area contributed by atoms with Crippen molar-refractivity contribution in [2.75, 3.05) is 6.66 Å². The lowest BCUT2D eigenvalue weighted by molar-refractivity contribution is 0.569. The fourth-order valence-electron chi connectivity index (χ4n) is 1.05. The Morgan fingerprint density at radius 2 is 1.50 bits per heavy atom. The molecule has 0 unspecified atom stereocenters. The second-order valence-corrected chi connectivity index (χ2v) is 4.67. The Bertz CT molecular complexity index is 289. The molecule has 0 bridgehead atoms. The van der Waals surface area contributed by atoms with Gasteiger partial charge < -0.3 is 8.83 Å². The van der Waals surface area contributed by atoms with Gasteiger partial charge in [0.1, 0.15) is 0 Å². The average Bonchev–Trinajstić information content (AvgIpc) is 2.77. The maximum absolute atomic E-state index is 5.02. The molecule has 62 valence electrons. The van der Waals surface area contributed by atoms with Gasteiger partial charge in [-0.15, -0.1) is 0 Å². The predicted molar refractivity (Wildman–Crippen MR) is 49.5 cm³/mol. The summed E-state index contributed by atoms with van der Waals surface area (Å²) in [4.78, 5) is 0. The van der Waals surface area contributed by atoms with Gasteiger partial charge in [-0.2, -0.15) is 0 Å². The molecule has 0 atom stereocenters. The lowest BCUT2D eigenvalue weighted by Crippen LogP contribution is -2.05. The molecule has 0 aliphatic carbocycles. The first kappa shape index (κ1) is 7.63. The summed E-state index contributed by atoms with van der Waals surface area (Å²) in [5.74, 6) is 0. The molecule has 0 radical (unpaired) electrons. The summed E-state index contributed by atoms with van der Waals surface area (Å²) in [5.41, 5.74) is 0. The smallest absolute Gasteiger partial charge is 0.0982 e. The zero-order valence-corrected chi connectivity index (χ0v) is 7.62. The van der Waals surface area contributed by atoms with E-state index in [9.17, 15) is 0 Å². The van der Waals surface area contributed by atoms with E-state index in [1.165, 1.54) is 10.6 Å². The standard InChI is InChI=1S/C9H9O2P/c1-12(8-2-4-10-6-8)9-3-5-11-7-9/h2-7H,1H3. The minimum absolute atomic E-state index is 0.284. The Hall–Kier alpha value is -1.01. The van der Waals surface area contributed by atoms with Crippen LogP contribution in [0.2, 0.25) is 0 Å². The van der Waals surface area contributed by atoms with E-state index in [4.69, 9.17) is 8.83 Å². The Balaban J connectivity index is 2.27. The van der Waals surface area contributed by atoms with E-state index in [1.54, 1.807) is 25.1 Å². The van der Waals surface area contributed by atoms with Crippen LogP contribution in [-0.4, -0.2) is 6.66 Å². The van der Waals surface area contributed by atoms with Gasteiger partial charge in [-0.3, -0.25) is 0 Å². The summed E-state index contributed by atoms with van der Waals surface area (Å²) >= 11 is 0. The van der Waals surface area contributed by atoms with E-state index in [1.807, 2.05) is 12.1 Å². The first-order chi connectivity index (χ1) is 5.88. The first-order valence-corrected chi connectivity index (χ1v) is 5.45. The minimum atomic E-state index is -0.284. The molecule has 0 saturated heterocycles. The lowest BCUT2D eigenvalue weighted by atomic mass is 10.7. The van der Waals surface area contributed by atoms with Gasteiger partial charge in [0.25, 0.3) is 0 Å². The fraction of sp³-hybridized carbons (Fsp3) is 0.111. The van der Waals surface area contributed by atoms with Gasteiger partial charge in [-0.25, -0.2) is 0 Å². The van der Waals surface area contributed by atoms with Crippen LogP contribution in [0.4, 0.5) is 0 Å². The van der Waals surface area contributed by atoms with Crippen LogP contribution >= 0.6 is 7.92 Å². The van der Waals surface area contributed by atoms with Gasteiger partial charge >= 0.3 is 0 Å². The molecule has 0 aliphatic rings. The van der Waals surface area contributed by atoms with Gasteiger partial charge in [0, 0.05) is 10.6 Å². The van der Waals surface area contributed by atoms with Crippen molar-refractivity contribution in [2.24, 2.45) is 0 Å². The summed E-state index contributed by atoms with van der Waals surface area (Å²) in [6.45, 7) is 2.19. The molecule has 12 heavy (non-hydrogen) atoms. The van der Waals surface area contributed by atoms with E-state index >= 15 is 0 Å².